The van der Waals surface area contributed by atoms with Crippen molar-refractivity contribution in [2.75, 3.05) is 17.7 Å². The van der Waals surface area contributed by atoms with E-state index in [1.165, 1.54) is 24.0 Å². The zero-order valence-electron chi connectivity index (χ0n) is 14.1. The van der Waals surface area contributed by atoms with E-state index in [4.69, 9.17) is 17.0 Å². The molecule has 0 aliphatic rings. The third-order valence-electron chi connectivity index (χ3n) is 3.55. The molecule has 0 aliphatic carbocycles. The quantitative estimate of drug-likeness (QED) is 0.560. The van der Waals surface area contributed by atoms with Crippen LogP contribution in [0.4, 0.5) is 10.7 Å². The Labute approximate surface area is 152 Å². The van der Waals surface area contributed by atoms with Crippen molar-refractivity contribution in [2.45, 2.75) is 33.1 Å². The molecule has 2 aromatic rings. The van der Waals surface area contributed by atoms with Gasteiger partial charge in [-0.1, -0.05) is 31.5 Å². The number of hydrogen-bond donors (Lipinski definition) is 2. The molecule has 0 unspecified atom stereocenters. The van der Waals surface area contributed by atoms with Crippen molar-refractivity contribution in [2.24, 2.45) is 0 Å². The van der Waals surface area contributed by atoms with Crippen molar-refractivity contribution in [3.63, 3.8) is 0 Å². The first-order valence-corrected chi connectivity index (χ1v) is 9.12. The van der Waals surface area contributed by atoms with E-state index in [0.717, 1.165) is 29.8 Å². The number of ether oxygens (including phenoxy) is 1. The van der Waals surface area contributed by atoms with Gasteiger partial charge >= 0.3 is 5.97 Å². The summed E-state index contributed by atoms with van der Waals surface area (Å²) in [6.07, 6.45) is 3.29. The van der Waals surface area contributed by atoms with Gasteiger partial charge in [0, 0.05) is 10.6 Å². The Bertz CT molecular complexity index is 726. The second kappa shape index (κ2) is 8.80. The van der Waals surface area contributed by atoms with Gasteiger partial charge in [-0.25, -0.2) is 4.79 Å². The Kier molecular flexibility index (Phi) is 6.75. The smallest absolute Gasteiger partial charge is 0.340 e. The number of thiophene rings is 1. The van der Waals surface area contributed by atoms with Crippen LogP contribution >= 0.6 is 23.6 Å². The summed E-state index contributed by atoms with van der Waals surface area (Å²) in [6.45, 7) is 4.12. The van der Waals surface area contributed by atoms with Crippen molar-refractivity contribution in [3.05, 3.63) is 46.3 Å². The predicted octanol–water partition coefficient (Wildman–Crippen LogP) is 4.99. The van der Waals surface area contributed by atoms with Crippen molar-refractivity contribution >= 4 is 45.3 Å². The molecule has 2 N–H and O–H groups in total. The molecular weight excluding hydrogens is 340 g/mol. The maximum absolute atomic E-state index is 11.8. The Hall–Kier alpha value is -1.92. The van der Waals surface area contributed by atoms with Crippen molar-refractivity contribution in [3.8, 4) is 0 Å². The van der Waals surface area contributed by atoms with Crippen LogP contribution in [0.1, 0.15) is 40.6 Å². The molecule has 0 amide bonds. The van der Waals surface area contributed by atoms with Gasteiger partial charge in [0.1, 0.15) is 5.00 Å². The Balaban J connectivity index is 2.11. The van der Waals surface area contributed by atoms with Gasteiger partial charge in [-0.3, -0.25) is 0 Å². The van der Waals surface area contributed by atoms with Gasteiger partial charge in [-0.2, -0.15) is 0 Å². The number of unbranched alkanes of at least 4 members (excludes halogenated alkanes) is 1. The molecule has 1 heterocycles. The fraction of sp³-hybridized carbons (Fsp3) is 0.333. The van der Waals surface area contributed by atoms with E-state index in [2.05, 4.69) is 23.6 Å². The monoisotopic (exact) mass is 362 g/mol. The summed E-state index contributed by atoms with van der Waals surface area (Å²) in [7, 11) is 1.37. The number of thiocarbonyl (C=S) groups is 1. The van der Waals surface area contributed by atoms with Crippen molar-refractivity contribution < 1.29 is 9.53 Å². The highest BCUT2D eigenvalue weighted by molar-refractivity contribution is 7.80. The minimum Gasteiger partial charge on any atom is -0.465 e. The molecule has 2 rings (SSSR count). The van der Waals surface area contributed by atoms with Crippen LogP contribution in [0, 0.1) is 6.92 Å². The van der Waals surface area contributed by atoms with Crippen LogP contribution in [0.25, 0.3) is 0 Å². The van der Waals surface area contributed by atoms with Gasteiger partial charge in [0.25, 0.3) is 0 Å². The first kappa shape index (κ1) is 18.4. The molecule has 4 nitrogen and oxygen atoms in total. The van der Waals surface area contributed by atoms with Gasteiger partial charge in [-0.05, 0) is 49.7 Å². The summed E-state index contributed by atoms with van der Waals surface area (Å²) in [5.41, 5.74) is 2.74. The SMILES string of the molecule is CCCCc1ccccc1NC(=S)Nc1sc(C)cc1C(=O)OC. The van der Waals surface area contributed by atoms with Crippen LogP contribution in [0.5, 0.6) is 0 Å². The Morgan fingerprint density at radius 3 is 2.75 bits per heavy atom. The van der Waals surface area contributed by atoms with E-state index in [1.807, 2.05) is 25.1 Å². The van der Waals surface area contributed by atoms with E-state index in [0.29, 0.717) is 15.7 Å². The molecule has 0 radical (unpaired) electrons. The number of para-hydroxylation sites is 1. The number of nitrogens with one attached hydrogen (secondary N) is 2. The fourth-order valence-electron chi connectivity index (χ4n) is 2.35. The lowest BCUT2D eigenvalue weighted by Crippen LogP contribution is -2.20. The largest absolute Gasteiger partial charge is 0.465 e. The summed E-state index contributed by atoms with van der Waals surface area (Å²) in [5.74, 6) is -0.368. The number of methoxy groups -OCH3 is 1. The van der Waals surface area contributed by atoms with Crippen LogP contribution < -0.4 is 10.6 Å². The third kappa shape index (κ3) is 4.79. The zero-order chi connectivity index (χ0) is 17.5. The topological polar surface area (TPSA) is 50.4 Å². The molecule has 0 saturated heterocycles. The van der Waals surface area contributed by atoms with Gasteiger partial charge in [0.2, 0.25) is 0 Å². The first-order chi connectivity index (χ1) is 11.5. The van der Waals surface area contributed by atoms with E-state index < -0.39 is 0 Å². The third-order valence-corrected chi connectivity index (χ3v) is 4.72. The number of carbonyl (C=O) groups excluding carboxylic acids is 1. The fourth-order valence-corrected chi connectivity index (χ4v) is 3.53. The molecule has 0 saturated carbocycles. The maximum atomic E-state index is 11.8. The molecule has 24 heavy (non-hydrogen) atoms. The van der Waals surface area contributed by atoms with E-state index >= 15 is 0 Å². The number of rotatable bonds is 6. The molecular formula is C18H22N2O2S2. The highest BCUT2D eigenvalue weighted by atomic mass is 32.1. The van der Waals surface area contributed by atoms with E-state index in [-0.39, 0.29) is 5.97 Å². The summed E-state index contributed by atoms with van der Waals surface area (Å²) < 4.78 is 4.82. The summed E-state index contributed by atoms with van der Waals surface area (Å²) in [6, 6.07) is 9.94. The number of benzene rings is 1. The number of hydrogen-bond acceptors (Lipinski definition) is 4. The minimum atomic E-state index is -0.368. The summed E-state index contributed by atoms with van der Waals surface area (Å²) in [5, 5.41) is 7.51. The molecule has 128 valence electrons. The maximum Gasteiger partial charge on any atom is 0.340 e. The number of anilines is 2. The average Bonchev–Trinajstić information content (AvgIpc) is 2.93. The van der Waals surface area contributed by atoms with Crippen molar-refractivity contribution in [1.29, 1.82) is 0 Å². The Morgan fingerprint density at radius 1 is 1.29 bits per heavy atom. The standard InChI is InChI=1S/C18H22N2O2S2/c1-4-5-8-13-9-6-7-10-15(13)19-18(23)20-16-14(17(21)22-3)11-12(2)24-16/h6-7,9-11H,4-5,8H2,1-3H3,(H2,19,20,23). The number of aryl methyl sites for hydroxylation is 2. The molecule has 0 fully saturated rings. The van der Waals surface area contributed by atoms with Crippen LogP contribution in [0.2, 0.25) is 0 Å². The molecule has 0 aliphatic heterocycles. The second-order valence-corrected chi connectivity index (χ2v) is 7.10. The predicted molar refractivity (Wildman–Crippen MR) is 105 cm³/mol. The molecule has 0 spiro atoms. The number of carbonyl (C=O) groups is 1. The second-order valence-electron chi connectivity index (χ2n) is 5.43. The van der Waals surface area contributed by atoms with Gasteiger partial charge in [0.15, 0.2) is 5.11 Å². The van der Waals surface area contributed by atoms with Crippen LogP contribution in [0.15, 0.2) is 30.3 Å². The lowest BCUT2D eigenvalue weighted by atomic mass is 10.1. The molecule has 1 aromatic heterocycles. The summed E-state index contributed by atoms with van der Waals surface area (Å²) >= 11 is 6.89. The summed E-state index contributed by atoms with van der Waals surface area (Å²) in [4.78, 5) is 12.9. The normalized spacial score (nSPS) is 10.3. The van der Waals surface area contributed by atoms with Crippen LogP contribution in [-0.2, 0) is 11.2 Å². The highest BCUT2D eigenvalue weighted by Crippen LogP contribution is 2.28. The zero-order valence-corrected chi connectivity index (χ0v) is 15.8. The average molecular weight is 363 g/mol. The van der Waals surface area contributed by atoms with Gasteiger partial charge in [-0.15, -0.1) is 11.3 Å². The molecule has 0 atom stereocenters. The lowest BCUT2D eigenvalue weighted by molar-refractivity contribution is 0.0602. The molecule has 0 bridgehead atoms. The molecule has 1 aromatic carbocycles. The molecule has 6 heteroatoms. The van der Waals surface area contributed by atoms with E-state index in [1.54, 1.807) is 6.07 Å². The Morgan fingerprint density at radius 2 is 2.04 bits per heavy atom. The van der Waals surface area contributed by atoms with Crippen LogP contribution in [0.3, 0.4) is 0 Å². The highest BCUT2D eigenvalue weighted by Gasteiger charge is 2.16. The minimum absolute atomic E-state index is 0.368. The number of esters is 1. The van der Waals surface area contributed by atoms with Crippen LogP contribution in [-0.4, -0.2) is 18.2 Å². The lowest BCUT2D eigenvalue weighted by Gasteiger charge is -2.14. The van der Waals surface area contributed by atoms with Crippen molar-refractivity contribution in [1.82, 2.24) is 0 Å². The van der Waals surface area contributed by atoms with E-state index in [9.17, 15) is 4.79 Å². The first-order valence-electron chi connectivity index (χ1n) is 7.89. The van der Waals surface area contributed by atoms with Gasteiger partial charge < -0.3 is 15.4 Å². The van der Waals surface area contributed by atoms with Gasteiger partial charge in [0.05, 0.1) is 12.7 Å².